The van der Waals surface area contributed by atoms with Crippen molar-refractivity contribution in [1.82, 2.24) is 0 Å². The minimum absolute atomic E-state index is 0.0907. The molecule has 0 saturated carbocycles. The Balaban J connectivity index is 2.70. The first-order valence-corrected chi connectivity index (χ1v) is 6.64. The molecule has 0 aromatic heterocycles. The lowest BCUT2D eigenvalue weighted by molar-refractivity contribution is 0.101. The normalized spacial score (nSPS) is 10.6. The molecule has 0 aliphatic heterocycles. The molecule has 0 N–H and O–H groups in total. The van der Waals surface area contributed by atoms with Crippen molar-refractivity contribution in [3.05, 3.63) is 29.6 Å². The highest BCUT2D eigenvalue weighted by molar-refractivity contribution is 7.99. The number of carbonyl (C=O) groups excluding carboxylic acids is 1. The molecule has 1 rings (SSSR count). The molecule has 4 heteroatoms. The van der Waals surface area contributed by atoms with E-state index in [4.69, 9.17) is 4.74 Å². The standard InChI is InChI=1S/C13H17FO2S/c1-9(2)7-17-8-12(15)11-6-10(14)4-5-13(11)16-3/h4-6,9H,7-8H2,1-3H3. The number of halogens is 1. The third kappa shape index (κ3) is 4.38. The number of hydrogen-bond acceptors (Lipinski definition) is 3. The second kappa shape index (κ2) is 6.64. The number of carbonyl (C=O) groups is 1. The van der Waals surface area contributed by atoms with E-state index in [9.17, 15) is 9.18 Å². The van der Waals surface area contributed by atoms with Crippen LogP contribution in [0, 0.1) is 11.7 Å². The van der Waals surface area contributed by atoms with Crippen LogP contribution in [0.25, 0.3) is 0 Å². The molecule has 0 atom stereocenters. The topological polar surface area (TPSA) is 26.3 Å². The van der Waals surface area contributed by atoms with Crippen LogP contribution in [0.3, 0.4) is 0 Å². The van der Waals surface area contributed by atoms with Crippen LogP contribution in [0.2, 0.25) is 0 Å². The molecule has 0 fully saturated rings. The molecule has 0 saturated heterocycles. The third-order valence-electron chi connectivity index (χ3n) is 2.15. The minimum Gasteiger partial charge on any atom is -0.496 e. The van der Waals surface area contributed by atoms with Crippen LogP contribution in [-0.4, -0.2) is 24.4 Å². The molecular weight excluding hydrogens is 239 g/mol. The van der Waals surface area contributed by atoms with Gasteiger partial charge in [-0.2, -0.15) is 11.8 Å². The van der Waals surface area contributed by atoms with Gasteiger partial charge in [0.25, 0.3) is 0 Å². The van der Waals surface area contributed by atoms with Crippen LogP contribution >= 0.6 is 11.8 Å². The Hall–Kier alpha value is -1.03. The fraction of sp³-hybridized carbons (Fsp3) is 0.462. The van der Waals surface area contributed by atoms with Crippen LogP contribution in [0.5, 0.6) is 5.75 Å². The smallest absolute Gasteiger partial charge is 0.176 e. The summed E-state index contributed by atoms with van der Waals surface area (Å²) in [6, 6.07) is 4.00. The van der Waals surface area contributed by atoms with E-state index in [1.165, 1.54) is 25.3 Å². The number of rotatable bonds is 6. The summed E-state index contributed by atoms with van der Waals surface area (Å²) in [5.74, 6) is 1.75. The molecule has 2 nitrogen and oxygen atoms in total. The fourth-order valence-electron chi connectivity index (χ4n) is 1.36. The van der Waals surface area contributed by atoms with Gasteiger partial charge >= 0.3 is 0 Å². The lowest BCUT2D eigenvalue weighted by atomic mass is 10.1. The molecule has 0 radical (unpaired) electrons. The molecule has 0 heterocycles. The van der Waals surface area contributed by atoms with Gasteiger partial charge in [-0.3, -0.25) is 4.79 Å². The first kappa shape index (κ1) is 14.0. The highest BCUT2D eigenvalue weighted by Crippen LogP contribution is 2.21. The second-order valence-electron chi connectivity index (χ2n) is 4.18. The summed E-state index contributed by atoms with van der Waals surface area (Å²) in [5.41, 5.74) is 0.323. The van der Waals surface area contributed by atoms with Gasteiger partial charge in [-0.05, 0) is 29.9 Å². The zero-order valence-electron chi connectivity index (χ0n) is 10.3. The zero-order valence-corrected chi connectivity index (χ0v) is 11.1. The predicted molar refractivity (Wildman–Crippen MR) is 69.4 cm³/mol. The van der Waals surface area contributed by atoms with Gasteiger partial charge in [0.1, 0.15) is 11.6 Å². The van der Waals surface area contributed by atoms with Crippen molar-refractivity contribution in [2.45, 2.75) is 13.8 Å². The molecule has 0 amide bonds. The van der Waals surface area contributed by atoms with Gasteiger partial charge < -0.3 is 4.74 Å². The van der Waals surface area contributed by atoms with E-state index in [0.717, 1.165) is 5.75 Å². The SMILES string of the molecule is COc1ccc(F)cc1C(=O)CSCC(C)C. The quantitative estimate of drug-likeness (QED) is 0.730. The van der Waals surface area contributed by atoms with E-state index in [1.54, 1.807) is 11.8 Å². The van der Waals surface area contributed by atoms with Gasteiger partial charge in [0.05, 0.1) is 18.4 Å². The van der Waals surface area contributed by atoms with Crippen molar-refractivity contribution in [3.8, 4) is 5.75 Å². The van der Waals surface area contributed by atoms with Gasteiger partial charge in [0.2, 0.25) is 0 Å². The Labute approximate surface area is 106 Å². The second-order valence-corrected chi connectivity index (χ2v) is 5.21. The van der Waals surface area contributed by atoms with Crippen molar-refractivity contribution in [3.63, 3.8) is 0 Å². The van der Waals surface area contributed by atoms with Crippen LogP contribution < -0.4 is 4.74 Å². The van der Waals surface area contributed by atoms with Crippen LogP contribution in [0.4, 0.5) is 4.39 Å². The lowest BCUT2D eigenvalue weighted by Gasteiger charge is -2.08. The average Bonchev–Trinajstić information content (AvgIpc) is 2.28. The van der Waals surface area contributed by atoms with E-state index < -0.39 is 5.82 Å². The molecule has 0 aliphatic carbocycles. The van der Waals surface area contributed by atoms with Gasteiger partial charge in [0, 0.05) is 0 Å². The number of methoxy groups -OCH3 is 1. The summed E-state index contributed by atoms with van der Waals surface area (Å²) >= 11 is 1.56. The first-order valence-electron chi connectivity index (χ1n) is 5.49. The average molecular weight is 256 g/mol. The van der Waals surface area contributed by atoms with Crippen molar-refractivity contribution < 1.29 is 13.9 Å². The highest BCUT2D eigenvalue weighted by Gasteiger charge is 2.13. The zero-order chi connectivity index (χ0) is 12.8. The maximum atomic E-state index is 13.1. The number of thioether (sulfide) groups is 1. The van der Waals surface area contributed by atoms with Crippen LogP contribution in [0.15, 0.2) is 18.2 Å². The maximum absolute atomic E-state index is 13.1. The minimum atomic E-state index is -0.414. The molecule has 0 aliphatic rings. The van der Waals surface area contributed by atoms with E-state index >= 15 is 0 Å². The van der Waals surface area contributed by atoms with Gasteiger partial charge in [0.15, 0.2) is 5.78 Å². The fourth-order valence-corrected chi connectivity index (χ4v) is 2.29. The molecule has 0 spiro atoms. The Morgan fingerprint density at radius 2 is 2.18 bits per heavy atom. The van der Waals surface area contributed by atoms with E-state index in [2.05, 4.69) is 13.8 Å². The summed E-state index contributed by atoms with van der Waals surface area (Å²) in [6.45, 7) is 4.19. The number of ether oxygens (including phenoxy) is 1. The Morgan fingerprint density at radius 1 is 1.47 bits per heavy atom. The third-order valence-corrected chi connectivity index (χ3v) is 3.51. The summed E-state index contributed by atoms with van der Waals surface area (Å²) in [7, 11) is 1.48. The Bertz CT molecular complexity index is 391. The summed E-state index contributed by atoms with van der Waals surface area (Å²) < 4.78 is 18.1. The van der Waals surface area contributed by atoms with Gasteiger partial charge in [-0.25, -0.2) is 4.39 Å². The summed E-state index contributed by atoms with van der Waals surface area (Å²) in [6.07, 6.45) is 0. The monoisotopic (exact) mass is 256 g/mol. The van der Waals surface area contributed by atoms with Crippen molar-refractivity contribution in [1.29, 1.82) is 0 Å². The van der Waals surface area contributed by atoms with Crippen molar-refractivity contribution in [2.75, 3.05) is 18.6 Å². The van der Waals surface area contributed by atoms with E-state index in [-0.39, 0.29) is 5.78 Å². The Morgan fingerprint density at radius 3 is 2.76 bits per heavy atom. The van der Waals surface area contributed by atoms with Crippen molar-refractivity contribution in [2.24, 2.45) is 5.92 Å². The number of hydrogen-bond donors (Lipinski definition) is 0. The molecule has 1 aromatic carbocycles. The largest absolute Gasteiger partial charge is 0.496 e. The highest BCUT2D eigenvalue weighted by atomic mass is 32.2. The van der Waals surface area contributed by atoms with E-state index in [0.29, 0.717) is 23.0 Å². The summed E-state index contributed by atoms with van der Waals surface area (Å²) in [4.78, 5) is 11.9. The molecule has 1 aromatic rings. The molecule has 17 heavy (non-hydrogen) atoms. The first-order chi connectivity index (χ1) is 8.04. The Kier molecular flexibility index (Phi) is 5.48. The molecule has 94 valence electrons. The van der Waals surface area contributed by atoms with E-state index in [1.807, 2.05) is 0 Å². The lowest BCUT2D eigenvalue weighted by Crippen LogP contribution is -2.07. The van der Waals surface area contributed by atoms with Crippen molar-refractivity contribution >= 4 is 17.5 Å². The molecule has 0 bridgehead atoms. The summed E-state index contributed by atoms with van der Waals surface area (Å²) in [5, 5.41) is 0. The van der Waals surface area contributed by atoms with Gasteiger partial charge in [-0.1, -0.05) is 13.8 Å². The van der Waals surface area contributed by atoms with Crippen LogP contribution in [-0.2, 0) is 0 Å². The maximum Gasteiger partial charge on any atom is 0.176 e. The van der Waals surface area contributed by atoms with Crippen LogP contribution in [0.1, 0.15) is 24.2 Å². The molecular formula is C13H17FO2S. The predicted octanol–water partition coefficient (Wildman–Crippen LogP) is 3.41. The van der Waals surface area contributed by atoms with Gasteiger partial charge in [-0.15, -0.1) is 0 Å². The molecule has 0 unspecified atom stereocenters. The number of Topliss-reactive ketones (excluding diaryl/α,β-unsaturated/α-hetero) is 1. The number of benzene rings is 1. The number of ketones is 1.